The van der Waals surface area contributed by atoms with Crippen LogP contribution in [0.25, 0.3) is 0 Å². The first-order valence-corrected chi connectivity index (χ1v) is 11.6. The van der Waals surface area contributed by atoms with Gasteiger partial charge in [-0.3, -0.25) is 4.79 Å². The second-order valence-electron chi connectivity index (χ2n) is 7.76. The average molecular weight is 412 g/mol. The van der Waals surface area contributed by atoms with E-state index in [9.17, 15) is 17.6 Å². The third-order valence-electron chi connectivity index (χ3n) is 5.66. The Morgan fingerprint density at radius 3 is 2.54 bits per heavy atom. The van der Waals surface area contributed by atoms with Gasteiger partial charge in [-0.05, 0) is 75.4 Å². The van der Waals surface area contributed by atoms with Crippen LogP contribution in [0.5, 0.6) is 0 Å². The van der Waals surface area contributed by atoms with E-state index < -0.39 is 15.8 Å². The molecule has 0 bridgehead atoms. The topological polar surface area (TPSA) is 69.7 Å². The number of likely N-dealkylation sites (tertiary alicyclic amines) is 1. The Hall–Kier alpha value is -1.51. The zero-order valence-corrected chi connectivity index (χ0v) is 17.1. The number of rotatable bonds is 8. The zero-order chi connectivity index (χ0) is 20.0. The third-order valence-corrected chi connectivity index (χ3v) is 7.54. The summed E-state index contributed by atoms with van der Waals surface area (Å²) in [7, 11) is -3.61. The standard InChI is InChI=1S/C20H30FN3O3S/c21-18-6-8-19(9-7-18)28(26,27)24-14-3-4-17(16-24)5-10-20(25)22-11-15-23-12-1-2-13-23/h6-9,17H,1-5,10-16H2,(H,22,25). The molecule has 0 saturated carbocycles. The maximum Gasteiger partial charge on any atom is 0.243 e. The molecule has 1 aromatic rings. The summed E-state index contributed by atoms with van der Waals surface area (Å²) in [6.07, 6.45) is 5.30. The molecule has 156 valence electrons. The highest BCUT2D eigenvalue weighted by molar-refractivity contribution is 7.89. The van der Waals surface area contributed by atoms with Gasteiger partial charge in [-0.1, -0.05) is 0 Å². The van der Waals surface area contributed by atoms with E-state index in [1.165, 1.54) is 41.4 Å². The minimum absolute atomic E-state index is 0.0395. The summed E-state index contributed by atoms with van der Waals surface area (Å²) in [6.45, 7) is 4.71. The first-order valence-electron chi connectivity index (χ1n) is 10.2. The Labute approximate surface area is 167 Å². The molecule has 2 aliphatic heterocycles. The van der Waals surface area contributed by atoms with Crippen molar-refractivity contribution in [3.63, 3.8) is 0 Å². The number of hydrogen-bond acceptors (Lipinski definition) is 4. The van der Waals surface area contributed by atoms with Gasteiger partial charge in [0.1, 0.15) is 5.82 Å². The van der Waals surface area contributed by atoms with Crippen LogP contribution in [0.1, 0.15) is 38.5 Å². The molecule has 0 aliphatic carbocycles. The van der Waals surface area contributed by atoms with Gasteiger partial charge in [-0.2, -0.15) is 4.31 Å². The number of nitrogens with zero attached hydrogens (tertiary/aromatic N) is 2. The molecule has 0 radical (unpaired) electrons. The maximum atomic E-state index is 13.1. The number of halogens is 1. The molecule has 0 spiro atoms. The fourth-order valence-electron chi connectivity index (χ4n) is 4.02. The van der Waals surface area contributed by atoms with Gasteiger partial charge >= 0.3 is 0 Å². The molecule has 6 nitrogen and oxygen atoms in total. The quantitative estimate of drug-likeness (QED) is 0.712. The monoisotopic (exact) mass is 411 g/mol. The van der Waals surface area contributed by atoms with Crippen LogP contribution in [-0.4, -0.2) is 62.8 Å². The first kappa shape index (κ1) is 21.2. The molecule has 1 atom stereocenters. The Balaban J connectivity index is 1.44. The molecule has 2 fully saturated rings. The van der Waals surface area contributed by atoms with Crippen molar-refractivity contribution in [3.8, 4) is 0 Å². The highest BCUT2D eigenvalue weighted by Gasteiger charge is 2.30. The number of amides is 1. The van der Waals surface area contributed by atoms with Crippen LogP contribution in [0.3, 0.4) is 0 Å². The van der Waals surface area contributed by atoms with E-state index in [0.29, 0.717) is 32.5 Å². The van der Waals surface area contributed by atoms with E-state index in [4.69, 9.17) is 0 Å². The molecular weight excluding hydrogens is 381 g/mol. The minimum Gasteiger partial charge on any atom is -0.355 e. The predicted octanol–water partition coefficient (Wildman–Crippen LogP) is 2.22. The molecule has 28 heavy (non-hydrogen) atoms. The molecule has 1 N–H and O–H groups in total. The second kappa shape index (κ2) is 9.80. The summed E-state index contributed by atoms with van der Waals surface area (Å²) < 4.78 is 40.1. The van der Waals surface area contributed by atoms with E-state index in [0.717, 1.165) is 32.5 Å². The number of piperidine rings is 1. The van der Waals surface area contributed by atoms with Crippen LogP contribution in [0.4, 0.5) is 4.39 Å². The van der Waals surface area contributed by atoms with Crippen LogP contribution in [0.15, 0.2) is 29.2 Å². The lowest BCUT2D eigenvalue weighted by atomic mass is 9.94. The van der Waals surface area contributed by atoms with Crippen LogP contribution in [-0.2, 0) is 14.8 Å². The van der Waals surface area contributed by atoms with Crippen molar-refractivity contribution < 1.29 is 17.6 Å². The molecule has 2 aliphatic rings. The summed E-state index contributed by atoms with van der Waals surface area (Å²) in [4.78, 5) is 14.6. The number of hydrogen-bond donors (Lipinski definition) is 1. The minimum atomic E-state index is -3.61. The molecule has 1 unspecified atom stereocenters. The summed E-state index contributed by atoms with van der Waals surface area (Å²) in [5.74, 6) is -0.239. The Morgan fingerprint density at radius 1 is 1.11 bits per heavy atom. The normalized spacial score (nSPS) is 21.7. The van der Waals surface area contributed by atoms with E-state index in [-0.39, 0.29) is 16.7 Å². The van der Waals surface area contributed by atoms with E-state index >= 15 is 0 Å². The third kappa shape index (κ3) is 5.75. The van der Waals surface area contributed by atoms with Crippen molar-refractivity contribution >= 4 is 15.9 Å². The van der Waals surface area contributed by atoms with E-state index in [1.54, 1.807) is 0 Å². The molecule has 1 amide bonds. The van der Waals surface area contributed by atoms with Crippen molar-refractivity contribution in [2.24, 2.45) is 5.92 Å². The molecule has 0 aromatic heterocycles. The summed E-state index contributed by atoms with van der Waals surface area (Å²) in [6, 6.07) is 4.95. The van der Waals surface area contributed by atoms with Crippen LogP contribution < -0.4 is 5.32 Å². The van der Waals surface area contributed by atoms with Gasteiger partial charge in [0.05, 0.1) is 4.90 Å². The van der Waals surface area contributed by atoms with Crippen LogP contribution in [0, 0.1) is 11.7 Å². The molecular formula is C20H30FN3O3S. The summed E-state index contributed by atoms with van der Waals surface area (Å²) in [5.41, 5.74) is 0. The molecule has 3 rings (SSSR count). The van der Waals surface area contributed by atoms with Crippen molar-refractivity contribution in [3.05, 3.63) is 30.1 Å². The molecule has 2 heterocycles. The van der Waals surface area contributed by atoms with E-state index in [1.807, 2.05) is 0 Å². The number of carbonyl (C=O) groups excluding carboxylic acids is 1. The van der Waals surface area contributed by atoms with Crippen LogP contribution >= 0.6 is 0 Å². The SMILES string of the molecule is O=C(CCC1CCCN(S(=O)(=O)c2ccc(F)cc2)C1)NCCN1CCCC1. The van der Waals surface area contributed by atoms with E-state index in [2.05, 4.69) is 10.2 Å². The lowest BCUT2D eigenvalue weighted by Crippen LogP contribution is -2.40. The fraction of sp³-hybridized carbons (Fsp3) is 0.650. The molecule has 2 saturated heterocycles. The maximum absolute atomic E-state index is 13.1. The number of sulfonamides is 1. The lowest BCUT2D eigenvalue weighted by Gasteiger charge is -2.32. The smallest absolute Gasteiger partial charge is 0.243 e. The van der Waals surface area contributed by atoms with Crippen molar-refractivity contribution in [2.45, 2.75) is 43.4 Å². The Morgan fingerprint density at radius 2 is 1.82 bits per heavy atom. The van der Waals surface area contributed by atoms with Gasteiger partial charge in [0, 0.05) is 32.6 Å². The zero-order valence-electron chi connectivity index (χ0n) is 16.3. The second-order valence-corrected chi connectivity index (χ2v) is 9.70. The Kier molecular flexibility index (Phi) is 7.42. The van der Waals surface area contributed by atoms with Crippen molar-refractivity contribution in [1.29, 1.82) is 0 Å². The molecule has 1 aromatic carbocycles. The highest BCUT2D eigenvalue weighted by atomic mass is 32.2. The van der Waals surface area contributed by atoms with Crippen LogP contribution in [0.2, 0.25) is 0 Å². The number of carbonyl (C=O) groups is 1. The Bertz CT molecular complexity index is 748. The van der Waals surface area contributed by atoms with Crippen molar-refractivity contribution in [1.82, 2.24) is 14.5 Å². The van der Waals surface area contributed by atoms with Gasteiger partial charge in [0.15, 0.2) is 0 Å². The first-order chi connectivity index (χ1) is 13.4. The van der Waals surface area contributed by atoms with Gasteiger partial charge in [-0.25, -0.2) is 12.8 Å². The summed E-state index contributed by atoms with van der Waals surface area (Å²) in [5, 5.41) is 2.97. The number of nitrogens with one attached hydrogen (secondary N) is 1. The van der Waals surface area contributed by atoms with Gasteiger partial charge in [0.2, 0.25) is 15.9 Å². The van der Waals surface area contributed by atoms with Gasteiger partial charge in [-0.15, -0.1) is 0 Å². The van der Waals surface area contributed by atoms with Gasteiger partial charge in [0.25, 0.3) is 0 Å². The molecule has 8 heteroatoms. The largest absolute Gasteiger partial charge is 0.355 e. The number of benzene rings is 1. The predicted molar refractivity (Wildman–Crippen MR) is 106 cm³/mol. The van der Waals surface area contributed by atoms with Crippen molar-refractivity contribution in [2.75, 3.05) is 39.3 Å². The lowest BCUT2D eigenvalue weighted by molar-refractivity contribution is -0.121. The fourth-order valence-corrected chi connectivity index (χ4v) is 5.57. The highest BCUT2D eigenvalue weighted by Crippen LogP contribution is 2.26. The average Bonchev–Trinajstić information content (AvgIpc) is 3.20. The van der Waals surface area contributed by atoms with Gasteiger partial charge < -0.3 is 10.2 Å². The summed E-state index contributed by atoms with van der Waals surface area (Å²) >= 11 is 0.